The molecule has 3 aliphatic rings. The second kappa shape index (κ2) is 5.41. The van der Waals surface area contributed by atoms with Crippen molar-refractivity contribution in [3.8, 4) is 5.75 Å². The number of aromatic amines is 2. The Bertz CT molecular complexity index is 1330. The van der Waals surface area contributed by atoms with E-state index < -0.39 is 11.4 Å². The highest BCUT2D eigenvalue weighted by atomic mass is 16.5. The Morgan fingerprint density at radius 3 is 2.83 bits per heavy atom. The van der Waals surface area contributed by atoms with E-state index in [4.69, 9.17) is 4.74 Å². The van der Waals surface area contributed by atoms with Gasteiger partial charge in [0, 0.05) is 34.6 Å². The largest absolute Gasteiger partial charge is 0.508 e. The number of nitrogens with zero attached hydrogens (tertiary/aromatic N) is 1. The quantitative estimate of drug-likeness (QED) is 0.569. The number of phenolic OH excluding ortho intramolecular Hbond substituents is 1. The topological polar surface area (TPSA) is 115 Å². The highest BCUT2D eigenvalue weighted by Crippen LogP contribution is 2.66. The van der Waals surface area contributed by atoms with E-state index in [2.05, 4.69) is 9.97 Å². The molecule has 1 spiro atoms. The number of nitrogens with one attached hydrogen (secondary N) is 2. The summed E-state index contributed by atoms with van der Waals surface area (Å²) >= 11 is 0. The summed E-state index contributed by atoms with van der Waals surface area (Å²) in [5.74, 6) is -0.672. The van der Waals surface area contributed by atoms with E-state index in [0.29, 0.717) is 23.6 Å². The van der Waals surface area contributed by atoms with E-state index in [0.717, 1.165) is 22.9 Å². The molecule has 1 saturated carbocycles. The molecule has 6 rings (SSSR count). The first-order chi connectivity index (χ1) is 14.4. The minimum Gasteiger partial charge on any atom is -0.508 e. The normalized spacial score (nSPS) is 23.6. The SMILES string of the molecule is COC(=O)c1cc2c([nH]1)C(=O)C=C1N(C(=O)c3cc4cc(O)ccc4[nH]3)C[C@H]3C[C@]123. The standard InChI is InChI=1S/C22H17N3O5/c1-30-21(29)16-6-13-19(24-16)17(27)7-18-22(13)8-11(22)9-25(18)20(28)15-5-10-4-12(26)2-3-14(10)23-15/h2-7,11,23-24,26H,8-9H2,1H3/t11-,22-/m1/s1. The predicted octanol–water partition coefficient (Wildman–Crippen LogP) is 2.48. The fraction of sp³-hybridized carbons (Fsp3) is 0.227. The van der Waals surface area contributed by atoms with Gasteiger partial charge in [0.2, 0.25) is 5.78 Å². The van der Waals surface area contributed by atoms with Gasteiger partial charge >= 0.3 is 5.97 Å². The number of amides is 1. The molecule has 2 atom stereocenters. The predicted molar refractivity (Wildman–Crippen MR) is 105 cm³/mol. The van der Waals surface area contributed by atoms with E-state index in [1.54, 1.807) is 35.2 Å². The van der Waals surface area contributed by atoms with Gasteiger partial charge in [0.1, 0.15) is 17.1 Å². The highest BCUT2D eigenvalue weighted by molar-refractivity contribution is 6.10. The average molecular weight is 403 g/mol. The van der Waals surface area contributed by atoms with Crippen LogP contribution in [0, 0.1) is 5.92 Å². The van der Waals surface area contributed by atoms with Gasteiger partial charge in [-0.1, -0.05) is 0 Å². The Kier molecular flexibility index (Phi) is 3.08. The summed E-state index contributed by atoms with van der Waals surface area (Å²) in [7, 11) is 1.29. The summed E-state index contributed by atoms with van der Waals surface area (Å²) in [4.78, 5) is 45.7. The molecule has 3 heterocycles. The number of esters is 1. The molecule has 30 heavy (non-hydrogen) atoms. The van der Waals surface area contributed by atoms with Crippen LogP contribution in [0.15, 0.2) is 42.1 Å². The van der Waals surface area contributed by atoms with Gasteiger partial charge in [0.25, 0.3) is 5.91 Å². The molecule has 1 aromatic carbocycles. The number of likely N-dealkylation sites (tertiary alicyclic amines) is 1. The Hall–Kier alpha value is -3.81. The number of aromatic nitrogens is 2. The van der Waals surface area contributed by atoms with Crippen LogP contribution in [-0.2, 0) is 10.2 Å². The number of aromatic hydroxyl groups is 1. The van der Waals surface area contributed by atoms with Crippen LogP contribution >= 0.6 is 0 Å². The summed E-state index contributed by atoms with van der Waals surface area (Å²) in [5, 5.41) is 10.4. The second-order valence-electron chi connectivity index (χ2n) is 8.10. The molecule has 2 fully saturated rings. The van der Waals surface area contributed by atoms with E-state index in [9.17, 15) is 19.5 Å². The van der Waals surface area contributed by atoms with Gasteiger partial charge in [0.15, 0.2) is 0 Å². The lowest BCUT2D eigenvalue weighted by Gasteiger charge is -2.27. The molecule has 1 aliphatic heterocycles. The zero-order chi connectivity index (χ0) is 20.8. The number of rotatable bonds is 2. The molecule has 1 saturated heterocycles. The number of hydrogen-bond acceptors (Lipinski definition) is 5. The second-order valence-corrected chi connectivity index (χ2v) is 8.10. The van der Waals surface area contributed by atoms with Gasteiger partial charge in [-0.3, -0.25) is 9.59 Å². The van der Waals surface area contributed by atoms with Crippen molar-refractivity contribution < 1.29 is 24.2 Å². The summed E-state index contributed by atoms with van der Waals surface area (Å²) in [6.45, 7) is 0.511. The first-order valence-corrected chi connectivity index (χ1v) is 9.64. The van der Waals surface area contributed by atoms with Gasteiger partial charge in [-0.15, -0.1) is 0 Å². The average Bonchev–Trinajstić information content (AvgIpc) is 3.08. The van der Waals surface area contributed by atoms with Crippen molar-refractivity contribution in [3.63, 3.8) is 0 Å². The molecule has 1 amide bonds. The molecular weight excluding hydrogens is 386 g/mol. The number of methoxy groups -OCH3 is 1. The monoisotopic (exact) mass is 403 g/mol. The minimum absolute atomic E-state index is 0.129. The lowest BCUT2D eigenvalue weighted by molar-refractivity contribution is 0.0594. The fourth-order valence-corrected chi connectivity index (χ4v) is 5.09. The maximum atomic E-state index is 13.3. The van der Waals surface area contributed by atoms with E-state index in [1.807, 2.05) is 0 Å². The number of benzene rings is 1. The van der Waals surface area contributed by atoms with Gasteiger partial charge < -0.3 is 24.7 Å². The van der Waals surface area contributed by atoms with Crippen LogP contribution in [0.1, 0.15) is 43.4 Å². The Morgan fingerprint density at radius 2 is 2.03 bits per heavy atom. The van der Waals surface area contributed by atoms with Gasteiger partial charge in [-0.05, 0) is 48.2 Å². The van der Waals surface area contributed by atoms with Crippen molar-refractivity contribution in [2.75, 3.05) is 13.7 Å². The van der Waals surface area contributed by atoms with Crippen molar-refractivity contribution in [1.29, 1.82) is 0 Å². The molecule has 2 aromatic heterocycles. The number of piperidine rings is 1. The van der Waals surface area contributed by atoms with Crippen molar-refractivity contribution in [2.24, 2.45) is 5.92 Å². The zero-order valence-electron chi connectivity index (χ0n) is 16.0. The van der Waals surface area contributed by atoms with Gasteiger partial charge in [-0.25, -0.2) is 4.79 Å². The molecule has 0 unspecified atom stereocenters. The van der Waals surface area contributed by atoms with Crippen LogP contribution in [0.2, 0.25) is 0 Å². The number of ketones is 1. The molecule has 8 heteroatoms. The summed E-state index contributed by atoms with van der Waals surface area (Å²) in [6.07, 6.45) is 2.35. The van der Waals surface area contributed by atoms with Crippen molar-refractivity contribution in [1.82, 2.24) is 14.9 Å². The molecule has 3 N–H and O–H groups in total. The van der Waals surface area contributed by atoms with Gasteiger partial charge in [0.05, 0.1) is 12.8 Å². The number of allylic oxidation sites excluding steroid dienone is 2. The number of ether oxygens (including phenoxy) is 1. The highest BCUT2D eigenvalue weighted by Gasteiger charge is 2.67. The summed E-state index contributed by atoms with van der Waals surface area (Å²) in [5.41, 5.74) is 2.84. The molecule has 3 aromatic rings. The van der Waals surface area contributed by atoms with Crippen LogP contribution in [0.5, 0.6) is 5.75 Å². The van der Waals surface area contributed by atoms with E-state index >= 15 is 0 Å². The smallest absolute Gasteiger partial charge is 0.354 e. The molecule has 150 valence electrons. The maximum Gasteiger partial charge on any atom is 0.354 e. The van der Waals surface area contributed by atoms with Crippen LogP contribution in [0.25, 0.3) is 10.9 Å². The molecular formula is C22H17N3O5. The first-order valence-electron chi connectivity index (χ1n) is 9.64. The fourth-order valence-electron chi connectivity index (χ4n) is 5.09. The van der Waals surface area contributed by atoms with E-state index in [-0.39, 0.29) is 29.1 Å². The maximum absolute atomic E-state index is 13.3. The van der Waals surface area contributed by atoms with Crippen molar-refractivity contribution in [3.05, 3.63) is 64.8 Å². The zero-order valence-corrected chi connectivity index (χ0v) is 16.0. The lowest BCUT2D eigenvalue weighted by Crippen LogP contribution is -2.33. The number of carbonyl (C=O) groups excluding carboxylic acids is 3. The third kappa shape index (κ3) is 2.02. The molecule has 0 bridgehead atoms. The van der Waals surface area contributed by atoms with Crippen LogP contribution in [-0.4, -0.2) is 51.3 Å². The minimum atomic E-state index is -0.528. The number of hydrogen-bond donors (Lipinski definition) is 3. The van der Waals surface area contributed by atoms with E-state index in [1.165, 1.54) is 13.2 Å². The van der Waals surface area contributed by atoms with Crippen molar-refractivity contribution in [2.45, 2.75) is 11.8 Å². The van der Waals surface area contributed by atoms with Crippen LogP contribution < -0.4 is 0 Å². The van der Waals surface area contributed by atoms with Crippen LogP contribution in [0.4, 0.5) is 0 Å². The molecule has 0 radical (unpaired) electrons. The Labute approximate surface area is 170 Å². The Morgan fingerprint density at radius 1 is 1.20 bits per heavy atom. The van der Waals surface area contributed by atoms with Crippen molar-refractivity contribution >= 4 is 28.6 Å². The summed E-state index contributed by atoms with van der Waals surface area (Å²) in [6, 6.07) is 8.26. The molecule has 2 aliphatic carbocycles. The number of phenols is 1. The number of fused-ring (bicyclic) bond motifs is 2. The van der Waals surface area contributed by atoms with Gasteiger partial charge in [-0.2, -0.15) is 0 Å². The molecule has 8 nitrogen and oxygen atoms in total. The first kappa shape index (κ1) is 17.1. The number of H-pyrrole nitrogens is 2. The summed E-state index contributed by atoms with van der Waals surface area (Å²) < 4.78 is 4.78. The third-order valence-electron chi connectivity index (χ3n) is 6.55. The number of carbonyl (C=O) groups is 3. The lowest BCUT2D eigenvalue weighted by atomic mass is 9.85. The Balaban J connectivity index is 1.40. The third-order valence-corrected chi connectivity index (χ3v) is 6.55. The van der Waals surface area contributed by atoms with Crippen LogP contribution in [0.3, 0.4) is 0 Å².